The molecule has 10 heteroatoms. The Kier molecular flexibility index (Phi) is 12.6. The smallest absolute Gasteiger partial charge is 0.309 e. The molecule has 0 bridgehead atoms. The normalized spacial score (nSPS) is 33.8. The molecule has 0 unspecified atom stereocenters. The number of carbonyl (C=O) groups excluding carboxylic acids is 3. The van der Waals surface area contributed by atoms with Crippen molar-refractivity contribution in [3.63, 3.8) is 0 Å². The number of rotatable bonds is 12. The molecule has 4 saturated carbocycles. The number of aliphatic hydroxyl groups excluding tert-OH is 1. The number of ketones is 1. The van der Waals surface area contributed by atoms with E-state index in [-0.39, 0.29) is 65.4 Å². The summed E-state index contributed by atoms with van der Waals surface area (Å²) in [6.45, 7) is 17.7. The number of likely N-dealkylation sites (N-methyl/N-ethyl adjacent to an activating group) is 1. The van der Waals surface area contributed by atoms with Crippen molar-refractivity contribution in [1.29, 1.82) is 0 Å². The number of fused-ring (bicyclic) bond motifs is 7. The van der Waals surface area contributed by atoms with Crippen LogP contribution in [0.2, 0.25) is 5.02 Å². The third kappa shape index (κ3) is 7.95. The number of aliphatic carboxylic acids is 1. The summed E-state index contributed by atoms with van der Waals surface area (Å²) >= 11 is 6.20. The van der Waals surface area contributed by atoms with Gasteiger partial charge in [0.15, 0.2) is 5.78 Å². The summed E-state index contributed by atoms with van der Waals surface area (Å²) < 4.78 is 6.20. The maximum Gasteiger partial charge on any atom is 0.309 e. The van der Waals surface area contributed by atoms with Crippen LogP contribution in [-0.4, -0.2) is 83.0 Å². The lowest BCUT2D eigenvalue weighted by atomic mass is 9.41. The van der Waals surface area contributed by atoms with E-state index < -0.39 is 28.9 Å². The number of halogens is 1. The van der Waals surface area contributed by atoms with E-state index in [4.69, 9.17) is 16.3 Å². The van der Waals surface area contributed by atoms with Crippen LogP contribution in [0.1, 0.15) is 132 Å². The first-order valence-corrected chi connectivity index (χ1v) is 22.4. The molecule has 1 amide bonds. The minimum Gasteiger partial charge on any atom is -0.481 e. The molecule has 0 spiro atoms. The molecule has 0 aliphatic heterocycles. The first kappa shape index (κ1) is 44.8. The lowest BCUT2D eigenvalue weighted by molar-refractivity contribution is -0.185. The zero-order valence-corrected chi connectivity index (χ0v) is 37.7. The van der Waals surface area contributed by atoms with E-state index >= 15 is 0 Å². The number of aliphatic hydroxyl groups is 1. The van der Waals surface area contributed by atoms with Gasteiger partial charge in [0.25, 0.3) is 0 Å². The van der Waals surface area contributed by atoms with Gasteiger partial charge in [0.05, 0.1) is 24.5 Å². The predicted molar refractivity (Wildman–Crippen MR) is 227 cm³/mol. The van der Waals surface area contributed by atoms with E-state index in [9.17, 15) is 29.4 Å². The highest BCUT2D eigenvalue weighted by atomic mass is 35.5. The SMILES string of the molecule is CC(C)C1=C2[C@H]3CC[C@H]4[C@H](CCC[C@H]5C(C)(C)[C@@H](OC(=O)CC(C)(C)C(=O)O)CC[C@]45C)[C@]3(C)CC[C@@]2([C@H](O)CN(Cc2ccc(Cl)cc2)C(=O)CN(C)C)CC1=O. The van der Waals surface area contributed by atoms with E-state index in [0.29, 0.717) is 42.2 Å². The van der Waals surface area contributed by atoms with Gasteiger partial charge in [0.2, 0.25) is 5.91 Å². The van der Waals surface area contributed by atoms with E-state index in [1.54, 1.807) is 18.7 Å². The number of carboxylic acid groups (broad SMARTS) is 1. The van der Waals surface area contributed by atoms with Crippen molar-refractivity contribution in [2.45, 2.75) is 145 Å². The number of benzene rings is 1. The molecular weight excluding hydrogens is 752 g/mol. The van der Waals surface area contributed by atoms with Gasteiger partial charge < -0.3 is 24.7 Å². The lowest BCUT2D eigenvalue weighted by Gasteiger charge is -2.64. The van der Waals surface area contributed by atoms with Crippen molar-refractivity contribution >= 4 is 35.2 Å². The molecule has 0 aromatic heterocycles. The highest BCUT2D eigenvalue weighted by Crippen LogP contribution is 2.72. The van der Waals surface area contributed by atoms with Crippen LogP contribution in [0.5, 0.6) is 0 Å². The molecule has 5 aliphatic carbocycles. The van der Waals surface area contributed by atoms with Gasteiger partial charge in [-0.25, -0.2) is 0 Å². The largest absolute Gasteiger partial charge is 0.481 e. The molecule has 6 rings (SSSR count). The van der Waals surface area contributed by atoms with Crippen LogP contribution in [0.4, 0.5) is 0 Å². The topological polar surface area (TPSA) is 124 Å². The second-order valence-electron chi connectivity index (χ2n) is 21.4. The molecule has 9 atom stereocenters. The summed E-state index contributed by atoms with van der Waals surface area (Å²) in [5, 5.41) is 22.9. The minimum absolute atomic E-state index is 0.0334. The van der Waals surface area contributed by atoms with Crippen LogP contribution in [0.3, 0.4) is 0 Å². The van der Waals surface area contributed by atoms with Crippen LogP contribution in [0.15, 0.2) is 35.4 Å². The Bertz CT molecular complexity index is 1790. The quantitative estimate of drug-likeness (QED) is 0.200. The summed E-state index contributed by atoms with van der Waals surface area (Å²) in [7, 11) is 3.75. The molecule has 2 N–H and O–H groups in total. The predicted octanol–water partition coefficient (Wildman–Crippen LogP) is 8.98. The molecule has 9 nitrogen and oxygen atoms in total. The number of hydrogen-bond acceptors (Lipinski definition) is 7. The van der Waals surface area contributed by atoms with Crippen molar-refractivity contribution < 1.29 is 34.1 Å². The number of esters is 1. The maximum absolute atomic E-state index is 14.3. The molecule has 0 heterocycles. The fourth-order valence-corrected chi connectivity index (χ4v) is 13.5. The van der Waals surface area contributed by atoms with E-state index in [0.717, 1.165) is 62.5 Å². The van der Waals surface area contributed by atoms with Gasteiger partial charge in [0.1, 0.15) is 6.10 Å². The summed E-state index contributed by atoms with van der Waals surface area (Å²) in [4.78, 5) is 56.7. The van der Waals surface area contributed by atoms with Gasteiger partial charge >= 0.3 is 11.9 Å². The summed E-state index contributed by atoms with van der Waals surface area (Å²) in [5.41, 5.74) is 0.873. The molecule has 4 fully saturated rings. The highest BCUT2D eigenvalue weighted by molar-refractivity contribution is 6.30. The second-order valence-corrected chi connectivity index (χ2v) is 21.9. The van der Waals surface area contributed by atoms with Gasteiger partial charge in [0, 0.05) is 35.4 Å². The van der Waals surface area contributed by atoms with Gasteiger partial charge in [-0.3, -0.25) is 19.2 Å². The summed E-state index contributed by atoms with van der Waals surface area (Å²) in [5.74, 6) is 0.126. The number of nitrogens with zero attached hydrogens (tertiary/aromatic N) is 2. The van der Waals surface area contributed by atoms with Crippen molar-refractivity contribution in [2.24, 2.45) is 56.7 Å². The van der Waals surface area contributed by atoms with E-state index in [1.807, 2.05) is 43.3 Å². The van der Waals surface area contributed by atoms with Gasteiger partial charge in [-0.05, 0) is 143 Å². The van der Waals surface area contributed by atoms with Gasteiger partial charge in [-0.1, -0.05) is 77.3 Å². The van der Waals surface area contributed by atoms with Crippen LogP contribution < -0.4 is 0 Å². The Morgan fingerprint density at radius 1 is 0.931 bits per heavy atom. The Morgan fingerprint density at radius 2 is 1.59 bits per heavy atom. The maximum atomic E-state index is 14.3. The number of Topliss-reactive ketones (excluding diaryl/α,β-unsaturated/α-hetero) is 1. The third-order valence-electron chi connectivity index (χ3n) is 16.4. The van der Waals surface area contributed by atoms with E-state index in [2.05, 4.69) is 41.5 Å². The highest BCUT2D eigenvalue weighted by Gasteiger charge is 2.66. The van der Waals surface area contributed by atoms with Gasteiger partial charge in [-0.2, -0.15) is 0 Å². The Balaban J connectivity index is 1.29. The molecule has 58 heavy (non-hydrogen) atoms. The third-order valence-corrected chi connectivity index (χ3v) is 16.7. The van der Waals surface area contributed by atoms with Crippen molar-refractivity contribution in [1.82, 2.24) is 9.80 Å². The van der Waals surface area contributed by atoms with Crippen LogP contribution in [0.25, 0.3) is 0 Å². The van der Waals surface area contributed by atoms with Crippen molar-refractivity contribution in [3.8, 4) is 0 Å². The average molecular weight is 824 g/mol. The standard InChI is InChI=1S/C48H71ClN2O7/c1-29(2)41-35(52)24-48(37(53)27-51(39(54)28-50(9)10)26-30-14-16-31(49)17-15-30)23-22-46(7)32-12-11-13-36-45(5,6)38(58-40(55)25-44(3,4)43(56)57)20-21-47(36,8)33(32)18-19-34(46)42(41)48/h14-17,29,32-34,36-38,53H,11-13,18-28H2,1-10H3,(H,56,57)/t32-,33-,34+,36-,37+,38-,46-,47+,48-/m0/s1. The Morgan fingerprint density at radius 3 is 2.21 bits per heavy atom. The lowest BCUT2D eigenvalue weighted by Crippen LogP contribution is -2.59. The molecule has 0 saturated heterocycles. The number of allylic oxidation sites excluding steroid dienone is 1. The van der Waals surface area contributed by atoms with E-state index in [1.165, 1.54) is 5.57 Å². The monoisotopic (exact) mass is 822 g/mol. The average Bonchev–Trinajstić information content (AvgIpc) is 3.34. The zero-order chi connectivity index (χ0) is 42.7. The second kappa shape index (κ2) is 16.3. The zero-order valence-electron chi connectivity index (χ0n) is 37.0. The number of carbonyl (C=O) groups is 4. The molecular formula is C48H71ClN2O7. The van der Waals surface area contributed by atoms with Crippen LogP contribution >= 0.6 is 11.6 Å². The van der Waals surface area contributed by atoms with Crippen molar-refractivity contribution in [2.75, 3.05) is 27.2 Å². The number of ether oxygens (including phenoxy) is 1. The number of amides is 1. The Labute approximate surface area is 352 Å². The van der Waals surface area contributed by atoms with Gasteiger partial charge in [-0.15, -0.1) is 0 Å². The summed E-state index contributed by atoms with van der Waals surface area (Å²) in [6.07, 6.45) is 7.59. The van der Waals surface area contributed by atoms with Crippen LogP contribution in [-0.2, 0) is 30.5 Å². The molecule has 1 aromatic rings. The molecule has 0 radical (unpaired) electrons. The first-order valence-electron chi connectivity index (χ1n) is 22.0. The number of hydrogen-bond donors (Lipinski definition) is 2. The molecule has 5 aliphatic rings. The molecule has 1 aromatic carbocycles. The fourth-order valence-electron chi connectivity index (χ4n) is 13.4. The van der Waals surface area contributed by atoms with Crippen molar-refractivity contribution in [3.05, 3.63) is 46.0 Å². The Hall–Kier alpha value is -2.75. The fraction of sp³-hybridized carbons (Fsp3) is 0.750. The molecule has 322 valence electrons. The minimum atomic E-state index is -1.18. The summed E-state index contributed by atoms with van der Waals surface area (Å²) in [6, 6.07) is 7.51. The number of carboxylic acids is 1. The van der Waals surface area contributed by atoms with Crippen LogP contribution in [0, 0.1) is 56.7 Å². The first-order chi connectivity index (χ1) is 27.0.